The summed E-state index contributed by atoms with van der Waals surface area (Å²) in [6, 6.07) is 15.8. The van der Waals surface area contributed by atoms with Crippen molar-refractivity contribution in [3.63, 3.8) is 0 Å². The molecule has 11 heteroatoms. The molecule has 230 valence electrons. The number of carbonyl (C=O) groups is 2. The van der Waals surface area contributed by atoms with Crippen molar-refractivity contribution in [2.45, 2.75) is 39.6 Å². The van der Waals surface area contributed by atoms with Crippen molar-refractivity contribution in [2.75, 3.05) is 36.0 Å². The summed E-state index contributed by atoms with van der Waals surface area (Å²) >= 11 is 0. The zero-order valence-corrected chi connectivity index (χ0v) is 24.8. The fraction of sp³-hybridized carbons (Fsp3) is 0.294. The number of cyclic esters (lactones) is 1. The monoisotopic (exact) mass is 613 g/mol. The minimum absolute atomic E-state index is 0.0118. The Labute approximate surface area is 257 Å². The van der Waals surface area contributed by atoms with Crippen molar-refractivity contribution in [2.24, 2.45) is 4.99 Å². The van der Waals surface area contributed by atoms with Crippen LogP contribution in [0.15, 0.2) is 65.8 Å². The summed E-state index contributed by atoms with van der Waals surface area (Å²) in [4.78, 5) is 39.0. The number of halogens is 3. The van der Waals surface area contributed by atoms with Crippen LogP contribution in [-0.4, -0.2) is 53.8 Å². The highest BCUT2D eigenvalue weighted by Gasteiger charge is 2.38. The van der Waals surface area contributed by atoms with Crippen molar-refractivity contribution in [1.82, 2.24) is 9.88 Å². The van der Waals surface area contributed by atoms with E-state index in [9.17, 15) is 22.8 Å². The van der Waals surface area contributed by atoms with Gasteiger partial charge in [-0.2, -0.15) is 13.2 Å². The average molecular weight is 614 g/mol. The maximum Gasteiger partial charge on any atom is 0.419 e. The molecule has 1 aromatic heterocycles. The lowest BCUT2D eigenvalue weighted by Crippen LogP contribution is -2.49. The van der Waals surface area contributed by atoms with Gasteiger partial charge in [-0.3, -0.25) is 14.8 Å². The van der Waals surface area contributed by atoms with Crippen LogP contribution >= 0.6 is 0 Å². The number of ether oxygens (including phenoxy) is 1. The van der Waals surface area contributed by atoms with Gasteiger partial charge in [0.15, 0.2) is 0 Å². The highest BCUT2D eigenvalue weighted by Crippen LogP contribution is 2.44. The van der Waals surface area contributed by atoms with Crippen LogP contribution in [0.5, 0.6) is 0 Å². The first-order chi connectivity index (χ1) is 21.6. The molecule has 4 aromatic rings. The first-order valence-electron chi connectivity index (χ1n) is 14.9. The Bertz CT molecular complexity index is 1900. The van der Waals surface area contributed by atoms with Gasteiger partial charge in [-0.1, -0.05) is 25.1 Å². The number of anilines is 3. The average Bonchev–Trinajstić information content (AvgIpc) is 3.43. The Morgan fingerprint density at radius 2 is 1.71 bits per heavy atom. The zero-order valence-electron chi connectivity index (χ0n) is 24.8. The van der Waals surface area contributed by atoms with E-state index in [1.807, 2.05) is 31.2 Å². The van der Waals surface area contributed by atoms with E-state index in [-0.39, 0.29) is 37.0 Å². The Kier molecular flexibility index (Phi) is 6.98. The van der Waals surface area contributed by atoms with Crippen LogP contribution in [0.3, 0.4) is 0 Å². The molecule has 7 rings (SSSR count). The molecule has 4 heterocycles. The quantitative estimate of drug-likeness (QED) is 0.246. The number of rotatable bonds is 4. The third kappa shape index (κ3) is 5.05. The van der Waals surface area contributed by atoms with Gasteiger partial charge >= 0.3 is 12.3 Å². The molecular formula is C34H30F3N5O3. The number of benzene rings is 3. The molecule has 0 N–H and O–H groups in total. The van der Waals surface area contributed by atoms with E-state index in [0.717, 1.165) is 34.0 Å². The van der Waals surface area contributed by atoms with Gasteiger partial charge in [-0.25, -0.2) is 9.69 Å². The lowest BCUT2D eigenvalue weighted by molar-refractivity contribution is -0.137. The number of fused-ring (bicyclic) bond motifs is 4. The molecule has 1 saturated heterocycles. The summed E-state index contributed by atoms with van der Waals surface area (Å²) < 4.78 is 49.1. The molecule has 2 amide bonds. The Morgan fingerprint density at radius 3 is 2.47 bits per heavy atom. The Hall–Kier alpha value is -4.93. The second-order valence-electron chi connectivity index (χ2n) is 11.4. The summed E-state index contributed by atoms with van der Waals surface area (Å²) in [5, 5.41) is 0.627. The van der Waals surface area contributed by atoms with Crippen LogP contribution in [0, 0.1) is 0 Å². The number of hydrogen-bond acceptors (Lipinski definition) is 6. The van der Waals surface area contributed by atoms with Gasteiger partial charge in [-0.15, -0.1) is 0 Å². The number of carbonyl (C=O) groups excluding carboxylic acids is 2. The number of alkyl halides is 3. The van der Waals surface area contributed by atoms with Gasteiger partial charge in [0.2, 0.25) is 5.91 Å². The molecule has 3 aliphatic heterocycles. The molecule has 0 unspecified atom stereocenters. The molecule has 1 fully saturated rings. The topological polar surface area (TPSA) is 78.3 Å². The van der Waals surface area contributed by atoms with Crippen LogP contribution in [0.1, 0.15) is 42.5 Å². The highest BCUT2D eigenvalue weighted by atomic mass is 19.4. The number of pyridine rings is 1. The Morgan fingerprint density at radius 1 is 0.956 bits per heavy atom. The standard InChI is InChI=1S/C34H30F3N5O3/c1-3-31(43)41-12-10-40(11-13-41)30-9-7-25(16-28(30)34(35,36)37)42-32-24(19-45-33(42)44)18-39-29-8-6-22(15-27(29)32)21-4-5-23-17-38-20(2)26(23)14-21/h4-9,14-16,18H,3,10-13,17,19H2,1-2H3. The zero-order chi connectivity index (χ0) is 31.5. The molecule has 0 radical (unpaired) electrons. The van der Waals surface area contributed by atoms with Gasteiger partial charge in [0.25, 0.3) is 0 Å². The smallest absolute Gasteiger partial charge is 0.419 e. The minimum Gasteiger partial charge on any atom is -0.444 e. The van der Waals surface area contributed by atoms with E-state index in [4.69, 9.17) is 4.74 Å². The van der Waals surface area contributed by atoms with Crippen molar-refractivity contribution in [3.05, 3.63) is 83.0 Å². The molecule has 3 aromatic carbocycles. The van der Waals surface area contributed by atoms with Gasteiger partial charge in [0.1, 0.15) is 6.61 Å². The highest BCUT2D eigenvalue weighted by molar-refractivity contribution is 6.09. The molecule has 0 saturated carbocycles. The van der Waals surface area contributed by atoms with E-state index in [1.54, 1.807) is 22.9 Å². The van der Waals surface area contributed by atoms with E-state index in [1.165, 1.54) is 17.0 Å². The summed E-state index contributed by atoms with van der Waals surface area (Å²) in [6.07, 6.45) is -3.50. The molecule has 0 spiro atoms. The molecule has 0 bridgehead atoms. The molecule has 3 aliphatic rings. The second-order valence-corrected chi connectivity index (χ2v) is 11.4. The van der Waals surface area contributed by atoms with Crippen molar-refractivity contribution in [3.8, 4) is 11.1 Å². The van der Waals surface area contributed by atoms with Crippen LogP contribution in [0.4, 0.5) is 35.0 Å². The van der Waals surface area contributed by atoms with Crippen LogP contribution in [0.2, 0.25) is 0 Å². The maximum absolute atomic E-state index is 14.6. The lowest BCUT2D eigenvalue weighted by Gasteiger charge is -2.37. The van der Waals surface area contributed by atoms with Crippen LogP contribution in [-0.2, 0) is 28.9 Å². The fourth-order valence-electron chi connectivity index (χ4n) is 6.40. The number of amides is 2. The molecule has 45 heavy (non-hydrogen) atoms. The van der Waals surface area contributed by atoms with Crippen LogP contribution in [0.25, 0.3) is 22.0 Å². The molecule has 8 nitrogen and oxygen atoms in total. The number of piperazine rings is 1. The Balaban J connectivity index is 1.31. The van der Waals surface area contributed by atoms with Crippen molar-refractivity contribution >= 4 is 45.7 Å². The largest absolute Gasteiger partial charge is 0.444 e. The van der Waals surface area contributed by atoms with Gasteiger partial charge in [0.05, 0.1) is 29.0 Å². The fourth-order valence-corrected chi connectivity index (χ4v) is 6.40. The third-order valence-electron chi connectivity index (χ3n) is 8.81. The predicted molar refractivity (Wildman–Crippen MR) is 166 cm³/mol. The molecular weight excluding hydrogens is 583 g/mol. The van der Waals surface area contributed by atoms with Gasteiger partial charge < -0.3 is 14.5 Å². The summed E-state index contributed by atoms with van der Waals surface area (Å²) in [5.74, 6) is -0.0201. The normalized spacial score (nSPS) is 16.4. The first kappa shape index (κ1) is 28.8. The first-order valence-corrected chi connectivity index (χ1v) is 14.9. The van der Waals surface area contributed by atoms with E-state index < -0.39 is 17.8 Å². The van der Waals surface area contributed by atoms with E-state index >= 15 is 0 Å². The molecule has 0 atom stereocenters. The lowest BCUT2D eigenvalue weighted by atomic mass is 9.96. The van der Waals surface area contributed by atoms with Crippen LogP contribution < -0.4 is 9.80 Å². The second kappa shape index (κ2) is 10.9. The summed E-state index contributed by atoms with van der Waals surface area (Å²) in [5.41, 5.74) is 5.89. The van der Waals surface area contributed by atoms with Crippen molar-refractivity contribution < 1.29 is 27.5 Å². The minimum atomic E-state index is -4.69. The third-order valence-corrected chi connectivity index (χ3v) is 8.81. The van der Waals surface area contributed by atoms with Gasteiger partial charge in [0, 0.05) is 66.7 Å². The summed E-state index contributed by atoms with van der Waals surface area (Å²) in [6.45, 7) is 5.59. The van der Waals surface area contributed by atoms with E-state index in [0.29, 0.717) is 48.2 Å². The number of aromatic nitrogens is 1. The predicted octanol–water partition coefficient (Wildman–Crippen LogP) is 7.09. The van der Waals surface area contributed by atoms with Gasteiger partial charge in [-0.05, 0) is 60.0 Å². The SMILES string of the molecule is CCC(=O)N1CCN(c2ccc(N3C(=O)OCc4cnc5ccc(-c6ccc7c(c6)C(C)=NC7)cc5c43)cc2C(F)(F)F)CC1. The van der Waals surface area contributed by atoms with E-state index in [2.05, 4.69) is 22.1 Å². The van der Waals surface area contributed by atoms with Crippen molar-refractivity contribution in [1.29, 1.82) is 0 Å². The number of aliphatic imine (C=N–C) groups is 1. The number of nitrogens with zero attached hydrogens (tertiary/aromatic N) is 5. The molecule has 0 aliphatic carbocycles. The maximum atomic E-state index is 14.6. The number of hydrogen-bond donors (Lipinski definition) is 0. The summed E-state index contributed by atoms with van der Waals surface area (Å²) in [7, 11) is 0.